The Bertz CT molecular complexity index is 552. The van der Waals surface area contributed by atoms with Crippen molar-refractivity contribution in [2.75, 3.05) is 11.9 Å². The summed E-state index contributed by atoms with van der Waals surface area (Å²) in [6, 6.07) is 3.73. The number of nitrogens with zero attached hydrogens (tertiary/aromatic N) is 2. The number of nitrogens with one attached hydrogen (secondary N) is 1. The van der Waals surface area contributed by atoms with Crippen LogP contribution < -0.4 is 5.32 Å². The minimum absolute atomic E-state index is 0.636. The van der Waals surface area contributed by atoms with Gasteiger partial charge < -0.3 is 9.73 Å². The third-order valence-electron chi connectivity index (χ3n) is 2.62. The van der Waals surface area contributed by atoms with E-state index >= 15 is 0 Å². The number of thioether (sulfide) groups is 1. The highest BCUT2D eigenvalue weighted by Gasteiger charge is 2.09. The van der Waals surface area contributed by atoms with E-state index in [0.29, 0.717) is 16.0 Å². The molecule has 2 heterocycles. The SMILES string of the molecule is CCNc1ccc(Cl)c(CSc2nc(C)c(C)o2)n1. The zero-order chi connectivity index (χ0) is 13.8. The number of hydrogen-bond donors (Lipinski definition) is 1. The maximum absolute atomic E-state index is 6.14. The van der Waals surface area contributed by atoms with Crippen LogP contribution in [0.5, 0.6) is 0 Å². The average molecular weight is 298 g/mol. The van der Waals surface area contributed by atoms with Crippen molar-refractivity contribution in [3.05, 3.63) is 34.3 Å². The van der Waals surface area contributed by atoms with E-state index in [2.05, 4.69) is 15.3 Å². The summed E-state index contributed by atoms with van der Waals surface area (Å²) in [4.78, 5) is 8.80. The molecular weight excluding hydrogens is 282 g/mol. The fraction of sp³-hybridized carbons (Fsp3) is 0.385. The van der Waals surface area contributed by atoms with E-state index in [1.165, 1.54) is 11.8 Å². The summed E-state index contributed by atoms with van der Waals surface area (Å²) in [5.74, 6) is 2.32. The Labute approximate surface area is 122 Å². The quantitative estimate of drug-likeness (QED) is 0.843. The molecule has 0 unspecified atom stereocenters. The summed E-state index contributed by atoms with van der Waals surface area (Å²) in [5, 5.41) is 4.48. The zero-order valence-corrected chi connectivity index (χ0v) is 12.7. The van der Waals surface area contributed by atoms with Gasteiger partial charge in [0.15, 0.2) is 0 Å². The Morgan fingerprint density at radius 2 is 2.11 bits per heavy atom. The first-order chi connectivity index (χ1) is 9.10. The normalized spacial score (nSPS) is 10.7. The predicted molar refractivity (Wildman–Crippen MR) is 78.9 cm³/mol. The van der Waals surface area contributed by atoms with Crippen molar-refractivity contribution in [1.29, 1.82) is 0 Å². The molecule has 102 valence electrons. The van der Waals surface area contributed by atoms with Gasteiger partial charge in [0.1, 0.15) is 11.6 Å². The minimum Gasteiger partial charge on any atom is -0.437 e. The van der Waals surface area contributed by atoms with Gasteiger partial charge >= 0.3 is 0 Å². The minimum atomic E-state index is 0.636. The Morgan fingerprint density at radius 1 is 1.32 bits per heavy atom. The lowest BCUT2D eigenvalue weighted by Gasteiger charge is -2.06. The molecule has 0 aromatic carbocycles. The molecule has 2 rings (SSSR count). The maximum Gasteiger partial charge on any atom is 0.256 e. The van der Waals surface area contributed by atoms with Crippen molar-refractivity contribution in [2.45, 2.75) is 31.7 Å². The molecule has 4 nitrogen and oxygen atoms in total. The molecule has 0 bridgehead atoms. The highest BCUT2D eigenvalue weighted by Crippen LogP contribution is 2.27. The molecule has 2 aromatic rings. The van der Waals surface area contributed by atoms with Gasteiger partial charge in [-0.2, -0.15) is 0 Å². The Balaban J connectivity index is 2.07. The van der Waals surface area contributed by atoms with E-state index in [1.807, 2.05) is 32.9 Å². The van der Waals surface area contributed by atoms with Gasteiger partial charge in [-0.05, 0) is 32.9 Å². The molecule has 0 amide bonds. The molecule has 0 atom stereocenters. The Kier molecular flexibility index (Phi) is 4.71. The third kappa shape index (κ3) is 3.64. The Hall–Kier alpha value is -1.20. The van der Waals surface area contributed by atoms with Crippen molar-refractivity contribution in [2.24, 2.45) is 0 Å². The summed E-state index contributed by atoms with van der Waals surface area (Å²) < 4.78 is 5.52. The molecule has 0 aliphatic carbocycles. The van der Waals surface area contributed by atoms with Crippen molar-refractivity contribution in [1.82, 2.24) is 9.97 Å². The highest BCUT2D eigenvalue weighted by atomic mass is 35.5. The van der Waals surface area contributed by atoms with Crippen molar-refractivity contribution < 1.29 is 4.42 Å². The van der Waals surface area contributed by atoms with Crippen LogP contribution >= 0.6 is 23.4 Å². The van der Waals surface area contributed by atoms with E-state index < -0.39 is 0 Å². The van der Waals surface area contributed by atoms with Crippen LogP contribution in [0.2, 0.25) is 5.02 Å². The molecule has 0 fully saturated rings. The predicted octanol–water partition coefficient (Wildman–Crippen LogP) is 4.06. The number of aromatic nitrogens is 2. The fourth-order valence-electron chi connectivity index (χ4n) is 1.50. The van der Waals surface area contributed by atoms with Crippen LogP contribution in [-0.2, 0) is 5.75 Å². The number of oxazole rings is 1. The monoisotopic (exact) mass is 297 g/mol. The molecule has 0 aliphatic rings. The summed E-state index contributed by atoms with van der Waals surface area (Å²) in [6.07, 6.45) is 0. The molecule has 0 saturated carbocycles. The second-order valence-electron chi connectivity index (χ2n) is 4.07. The summed E-state index contributed by atoms with van der Waals surface area (Å²) in [5.41, 5.74) is 1.75. The molecule has 19 heavy (non-hydrogen) atoms. The molecule has 6 heteroatoms. The van der Waals surface area contributed by atoms with E-state index in [-0.39, 0.29) is 0 Å². The first-order valence-electron chi connectivity index (χ1n) is 6.06. The summed E-state index contributed by atoms with van der Waals surface area (Å²) in [6.45, 7) is 6.70. The summed E-state index contributed by atoms with van der Waals surface area (Å²) in [7, 11) is 0. The standard InChI is InChI=1S/C13H16ClN3OS/c1-4-15-12-6-5-10(14)11(17-12)7-19-13-16-8(2)9(3)18-13/h5-6H,4,7H2,1-3H3,(H,15,17). The van der Waals surface area contributed by atoms with Gasteiger partial charge in [0.05, 0.1) is 16.4 Å². The lowest BCUT2D eigenvalue weighted by Crippen LogP contribution is -2.01. The number of aryl methyl sites for hydroxylation is 2. The van der Waals surface area contributed by atoms with Crippen LogP contribution in [0.25, 0.3) is 0 Å². The van der Waals surface area contributed by atoms with Crippen molar-refractivity contribution >= 4 is 29.2 Å². The fourth-order valence-corrected chi connectivity index (χ4v) is 2.62. The number of halogens is 1. The van der Waals surface area contributed by atoms with Gasteiger partial charge in [-0.1, -0.05) is 23.4 Å². The van der Waals surface area contributed by atoms with Crippen LogP contribution in [-0.4, -0.2) is 16.5 Å². The van der Waals surface area contributed by atoms with Crippen LogP contribution in [0.15, 0.2) is 21.8 Å². The molecule has 0 aliphatic heterocycles. The smallest absolute Gasteiger partial charge is 0.256 e. The van der Waals surface area contributed by atoms with Gasteiger partial charge in [-0.3, -0.25) is 0 Å². The van der Waals surface area contributed by atoms with E-state index in [0.717, 1.165) is 29.5 Å². The lowest BCUT2D eigenvalue weighted by molar-refractivity contribution is 0.431. The number of hydrogen-bond acceptors (Lipinski definition) is 5. The van der Waals surface area contributed by atoms with Gasteiger partial charge in [0.25, 0.3) is 5.22 Å². The van der Waals surface area contributed by atoms with Gasteiger partial charge in [0, 0.05) is 12.3 Å². The zero-order valence-electron chi connectivity index (χ0n) is 11.2. The third-order valence-corrected chi connectivity index (χ3v) is 3.80. The second-order valence-corrected chi connectivity index (χ2v) is 5.40. The van der Waals surface area contributed by atoms with Crippen LogP contribution in [0.3, 0.4) is 0 Å². The lowest BCUT2D eigenvalue weighted by atomic mass is 10.3. The highest BCUT2D eigenvalue weighted by molar-refractivity contribution is 7.98. The van der Waals surface area contributed by atoms with Crippen LogP contribution in [0, 0.1) is 13.8 Å². The van der Waals surface area contributed by atoms with E-state index in [9.17, 15) is 0 Å². The molecule has 2 aromatic heterocycles. The first-order valence-corrected chi connectivity index (χ1v) is 7.42. The first kappa shape index (κ1) is 14.2. The number of pyridine rings is 1. The Morgan fingerprint density at radius 3 is 2.74 bits per heavy atom. The van der Waals surface area contributed by atoms with E-state index in [1.54, 1.807) is 0 Å². The maximum atomic E-state index is 6.14. The molecule has 1 N–H and O–H groups in total. The van der Waals surface area contributed by atoms with Crippen molar-refractivity contribution in [3.8, 4) is 0 Å². The molecular formula is C13H16ClN3OS. The van der Waals surface area contributed by atoms with Gasteiger partial charge in [0.2, 0.25) is 0 Å². The van der Waals surface area contributed by atoms with Crippen molar-refractivity contribution in [3.63, 3.8) is 0 Å². The molecule has 0 saturated heterocycles. The van der Waals surface area contributed by atoms with Gasteiger partial charge in [-0.15, -0.1) is 0 Å². The topological polar surface area (TPSA) is 51.0 Å². The van der Waals surface area contributed by atoms with Crippen LogP contribution in [0.1, 0.15) is 24.1 Å². The van der Waals surface area contributed by atoms with Crippen LogP contribution in [0.4, 0.5) is 5.82 Å². The molecule has 0 spiro atoms. The largest absolute Gasteiger partial charge is 0.437 e. The van der Waals surface area contributed by atoms with E-state index in [4.69, 9.17) is 16.0 Å². The second kappa shape index (κ2) is 6.30. The number of rotatable bonds is 5. The number of anilines is 1. The van der Waals surface area contributed by atoms with Gasteiger partial charge in [-0.25, -0.2) is 9.97 Å². The molecule has 0 radical (unpaired) electrons. The summed E-state index contributed by atoms with van der Waals surface area (Å²) >= 11 is 7.64. The average Bonchev–Trinajstić information content (AvgIpc) is 2.70.